The molecule has 1 amide bonds. The molecular weight excluding hydrogens is 525 g/mol. The number of anilines is 1. The van der Waals surface area contributed by atoms with Crippen molar-refractivity contribution in [3.63, 3.8) is 0 Å². The molecule has 2 atom stereocenters. The van der Waals surface area contributed by atoms with Crippen molar-refractivity contribution >= 4 is 34.9 Å². The number of methoxy groups -OCH3 is 1. The first-order valence-electron chi connectivity index (χ1n) is 12.9. The first kappa shape index (κ1) is 26.5. The predicted octanol–water partition coefficient (Wildman–Crippen LogP) is 5.11. The van der Waals surface area contributed by atoms with Crippen LogP contribution < -0.4 is 14.4 Å². The third-order valence-electron chi connectivity index (χ3n) is 7.49. The van der Waals surface area contributed by atoms with E-state index in [2.05, 4.69) is 37.1 Å². The van der Waals surface area contributed by atoms with Crippen LogP contribution in [0, 0.1) is 11.8 Å². The highest BCUT2D eigenvalue weighted by Gasteiger charge is 2.39. The second kappa shape index (κ2) is 12.2. The van der Waals surface area contributed by atoms with Crippen LogP contribution in [-0.2, 0) is 4.79 Å². The number of rotatable bonds is 8. The first-order chi connectivity index (χ1) is 18.5. The number of benzene rings is 1. The first-order valence-corrected chi connectivity index (χ1v) is 13.7. The molecular formula is C28H31Cl2N5O3. The second-order valence-corrected chi connectivity index (χ2v) is 10.7. The summed E-state index contributed by atoms with van der Waals surface area (Å²) in [4.78, 5) is 22.1. The van der Waals surface area contributed by atoms with Crippen LogP contribution in [0.3, 0.4) is 0 Å². The minimum atomic E-state index is 0.0107. The van der Waals surface area contributed by atoms with E-state index in [1.54, 1.807) is 25.4 Å². The Morgan fingerprint density at radius 1 is 0.947 bits per heavy atom. The van der Waals surface area contributed by atoms with Gasteiger partial charge < -0.3 is 19.3 Å². The van der Waals surface area contributed by atoms with Crippen LogP contribution >= 0.6 is 23.2 Å². The molecule has 0 N–H and O–H groups in total. The summed E-state index contributed by atoms with van der Waals surface area (Å²) in [6, 6.07) is 15.3. The van der Waals surface area contributed by atoms with Gasteiger partial charge in [-0.15, -0.1) is 10.2 Å². The fourth-order valence-electron chi connectivity index (χ4n) is 5.40. The lowest BCUT2D eigenvalue weighted by molar-refractivity contribution is -0.135. The topological polar surface area (TPSA) is 80.7 Å². The van der Waals surface area contributed by atoms with Crippen LogP contribution in [0.15, 0.2) is 54.7 Å². The molecule has 0 spiro atoms. The molecule has 0 bridgehead atoms. The van der Waals surface area contributed by atoms with E-state index in [4.69, 9.17) is 32.7 Å². The van der Waals surface area contributed by atoms with E-state index in [0.717, 1.165) is 38.2 Å². The van der Waals surface area contributed by atoms with E-state index in [1.807, 2.05) is 24.3 Å². The highest BCUT2D eigenvalue weighted by Crippen LogP contribution is 2.37. The molecule has 200 valence electrons. The molecule has 2 saturated heterocycles. The molecule has 5 rings (SSSR count). The van der Waals surface area contributed by atoms with Crippen molar-refractivity contribution in [1.29, 1.82) is 0 Å². The van der Waals surface area contributed by atoms with E-state index in [0.29, 0.717) is 41.5 Å². The lowest BCUT2D eigenvalue weighted by atomic mass is 9.87. The van der Waals surface area contributed by atoms with Crippen molar-refractivity contribution in [3.05, 3.63) is 70.3 Å². The fraction of sp³-hybridized carbons (Fsp3) is 0.429. The van der Waals surface area contributed by atoms with E-state index in [1.165, 1.54) is 5.56 Å². The highest BCUT2D eigenvalue weighted by molar-refractivity contribution is 6.30. The van der Waals surface area contributed by atoms with Gasteiger partial charge >= 0.3 is 0 Å². The zero-order valence-electron chi connectivity index (χ0n) is 21.3. The van der Waals surface area contributed by atoms with E-state index in [9.17, 15) is 4.79 Å². The van der Waals surface area contributed by atoms with Crippen molar-refractivity contribution in [1.82, 2.24) is 20.1 Å². The third-order valence-corrected chi connectivity index (χ3v) is 7.97. The Balaban J connectivity index is 1.20. The Bertz CT molecular complexity index is 1200. The maximum atomic E-state index is 13.6. The van der Waals surface area contributed by atoms with Crippen molar-refractivity contribution in [3.8, 4) is 11.8 Å². The van der Waals surface area contributed by atoms with Gasteiger partial charge in [0.25, 0.3) is 0 Å². The van der Waals surface area contributed by atoms with Crippen molar-refractivity contribution in [2.75, 3.05) is 44.8 Å². The number of nitrogens with zero attached hydrogens (tertiary/aromatic N) is 5. The molecule has 2 aromatic heterocycles. The molecule has 3 aromatic rings. The van der Waals surface area contributed by atoms with Gasteiger partial charge in [-0.05, 0) is 55.0 Å². The quantitative estimate of drug-likeness (QED) is 0.381. The maximum Gasteiger partial charge on any atom is 0.233 e. The zero-order chi connectivity index (χ0) is 26.5. The van der Waals surface area contributed by atoms with E-state index >= 15 is 0 Å². The SMILES string of the molecule is COc1ccc(N2CCC(C(=O)N3C[C@H](CCOc4ccc(Cl)cn4)[C@@H](c4ccc(Cl)cc4)C3)CC2)nn1. The summed E-state index contributed by atoms with van der Waals surface area (Å²) in [6.07, 6.45) is 3.99. The average Bonchev–Trinajstić information content (AvgIpc) is 3.38. The number of carbonyl (C=O) groups is 1. The minimum Gasteiger partial charge on any atom is -0.480 e. The minimum absolute atomic E-state index is 0.0107. The van der Waals surface area contributed by atoms with Crippen LogP contribution in [0.4, 0.5) is 5.82 Å². The zero-order valence-corrected chi connectivity index (χ0v) is 22.8. The van der Waals surface area contributed by atoms with Crippen LogP contribution in [-0.4, -0.2) is 65.9 Å². The standard InChI is InChI=1S/C28H31Cl2N5O3/c1-37-27-9-7-25(32-33-27)34-13-10-20(11-14-34)28(36)35-17-21(12-15-38-26-8-6-23(30)16-31-26)24(18-35)19-2-4-22(29)5-3-19/h2-9,16,20-21,24H,10-15,17-18H2,1H3/t21-,24+/m0/s1. The molecule has 2 aliphatic rings. The number of aromatic nitrogens is 3. The number of piperidine rings is 1. The predicted molar refractivity (Wildman–Crippen MR) is 147 cm³/mol. The summed E-state index contributed by atoms with van der Waals surface area (Å²) in [5, 5.41) is 9.62. The van der Waals surface area contributed by atoms with E-state index in [-0.39, 0.29) is 23.7 Å². The van der Waals surface area contributed by atoms with Gasteiger partial charge in [0.15, 0.2) is 5.82 Å². The van der Waals surface area contributed by atoms with Crippen molar-refractivity contribution in [2.24, 2.45) is 11.8 Å². The van der Waals surface area contributed by atoms with Crippen LogP contribution in [0.25, 0.3) is 0 Å². The van der Waals surface area contributed by atoms with Gasteiger partial charge in [-0.1, -0.05) is 35.3 Å². The number of hydrogen-bond acceptors (Lipinski definition) is 7. The molecule has 4 heterocycles. The molecule has 0 radical (unpaired) electrons. The van der Waals surface area contributed by atoms with Gasteiger partial charge in [0.1, 0.15) is 0 Å². The lowest BCUT2D eigenvalue weighted by Crippen LogP contribution is -2.42. The number of halogens is 2. The fourth-order valence-corrected chi connectivity index (χ4v) is 5.64. The molecule has 0 saturated carbocycles. The smallest absolute Gasteiger partial charge is 0.233 e. The Morgan fingerprint density at radius 3 is 2.34 bits per heavy atom. The number of pyridine rings is 1. The number of likely N-dealkylation sites (tertiary alicyclic amines) is 1. The number of ether oxygens (including phenoxy) is 2. The summed E-state index contributed by atoms with van der Waals surface area (Å²) in [6.45, 7) is 3.49. The third kappa shape index (κ3) is 6.30. The maximum absolute atomic E-state index is 13.6. The summed E-state index contributed by atoms with van der Waals surface area (Å²) in [5.74, 6) is 2.62. The Labute approximate surface area is 232 Å². The second-order valence-electron chi connectivity index (χ2n) is 9.81. The largest absolute Gasteiger partial charge is 0.480 e. The summed E-state index contributed by atoms with van der Waals surface area (Å²) >= 11 is 12.1. The van der Waals surface area contributed by atoms with Gasteiger partial charge in [0.05, 0.1) is 18.7 Å². The van der Waals surface area contributed by atoms with Crippen molar-refractivity contribution < 1.29 is 14.3 Å². The molecule has 10 heteroatoms. The number of amides is 1. The van der Waals surface area contributed by atoms with Crippen LogP contribution in [0.1, 0.15) is 30.7 Å². The van der Waals surface area contributed by atoms with E-state index < -0.39 is 0 Å². The molecule has 2 aliphatic heterocycles. The molecule has 2 fully saturated rings. The van der Waals surface area contributed by atoms with Gasteiger partial charge in [0.2, 0.25) is 17.7 Å². The number of hydrogen-bond donors (Lipinski definition) is 0. The van der Waals surface area contributed by atoms with Gasteiger partial charge in [-0.3, -0.25) is 4.79 Å². The van der Waals surface area contributed by atoms with Gasteiger partial charge in [-0.2, -0.15) is 0 Å². The number of carbonyl (C=O) groups excluding carboxylic acids is 1. The Morgan fingerprint density at radius 2 is 1.68 bits per heavy atom. The molecule has 0 aliphatic carbocycles. The molecule has 1 aromatic carbocycles. The lowest BCUT2D eigenvalue weighted by Gasteiger charge is -2.33. The molecule has 8 nitrogen and oxygen atoms in total. The van der Waals surface area contributed by atoms with Crippen LogP contribution in [0.5, 0.6) is 11.8 Å². The summed E-state index contributed by atoms with van der Waals surface area (Å²) in [5.41, 5.74) is 1.20. The monoisotopic (exact) mass is 555 g/mol. The Kier molecular flexibility index (Phi) is 8.49. The van der Waals surface area contributed by atoms with Gasteiger partial charge in [-0.25, -0.2) is 4.98 Å². The van der Waals surface area contributed by atoms with Gasteiger partial charge in [0, 0.05) is 61.4 Å². The van der Waals surface area contributed by atoms with Crippen molar-refractivity contribution in [2.45, 2.75) is 25.2 Å². The normalized spacial score (nSPS) is 20.0. The summed E-state index contributed by atoms with van der Waals surface area (Å²) < 4.78 is 11.0. The average molecular weight is 556 g/mol. The molecule has 0 unspecified atom stereocenters. The Hall–Kier alpha value is -3.10. The molecule has 38 heavy (non-hydrogen) atoms. The highest BCUT2D eigenvalue weighted by atomic mass is 35.5. The summed E-state index contributed by atoms with van der Waals surface area (Å²) in [7, 11) is 1.57. The van der Waals surface area contributed by atoms with Crippen LogP contribution in [0.2, 0.25) is 10.0 Å².